The molecule has 1 atom stereocenters. The number of hydrogen-bond acceptors (Lipinski definition) is 6. The van der Waals surface area contributed by atoms with Crippen LogP contribution in [0.25, 0.3) is 0 Å². The lowest BCUT2D eigenvalue weighted by Crippen LogP contribution is -2.30. The standard InChI is InChI=1S/C67H108O6/c1-4-7-10-13-16-19-22-24-26-28-30-32-33-35-36-38-40-42-45-48-51-54-57-60-66(69)72-63-64(62-71-65(68)59-56-53-50-47-44-21-18-15-12-9-6-3)73-67(70)61-58-55-52-49-46-43-41-39-37-34-31-29-27-25-23-20-17-14-11-8-5-2/h7-8,10-11,16-17,19-20,24-27,30-32,34-36,40,42,48,51,64H,4-6,9,12-15,18,21-23,28-29,33,37-39,41,43-47,49-50,52-63H2,1-3H3/b10-7-,11-8-,19-16-,20-17-,26-24-,27-25-,32-30-,34-31-,36-35-,42-40-,51-48-. The summed E-state index contributed by atoms with van der Waals surface area (Å²) in [6.45, 7) is 6.35. The first kappa shape index (κ1) is 68.6. The molecule has 0 N–H and O–H groups in total. The van der Waals surface area contributed by atoms with E-state index >= 15 is 0 Å². The van der Waals surface area contributed by atoms with E-state index in [1.165, 1.54) is 83.5 Å². The summed E-state index contributed by atoms with van der Waals surface area (Å²) in [6, 6.07) is 0. The molecule has 0 saturated carbocycles. The normalized spacial score (nSPS) is 13.1. The summed E-state index contributed by atoms with van der Waals surface area (Å²) in [7, 11) is 0. The molecule has 6 nitrogen and oxygen atoms in total. The monoisotopic (exact) mass is 1010 g/mol. The van der Waals surface area contributed by atoms with Gasteiger partial charge in [-0.15, -0.1) is 0 Å². The van der Waals surface area contributed by atoms with Crippen molar-refractivity contribution in [2.45, 2.75) is 258 Å². The Morgan fingerprint density at radius 2 is 0.548 bits per heavy atom. The number of allylic oxidation sites excluding steroid dienone is 22. The van der Waals surface area contributed by atoms with Crippen LogP contribution in [-0.4, -0.2) is 37.2 Å². The van der Waals surface area contributed by atoms with E-state index < -0.39 is 6.10 Å². The molecule has 6 heteroatoms. The van der Waals surface area contributed by atoms with Crippen molar-refractivity contribution in [3.05, 3.63) is 134 Å². The number of carbonyl (C=O) groups is 3. The van der Waals surface area contributed by atoms with Gasteiger partial charge in [-0.1, -0.05) is 257 Å². The van der Waals surface area contributed by atoms with E-state index in [1.54, 1.807) is 0 Å². The molecule has 0 amide bonds. The van der Waals surface area contributed by atoms with Crippen LogP contribution in [0.4, 0.5) is 0 Å². The first-order valence-corrected chi connectivity index (χ1v) is 29.7. The molecule has 0 aliphatic heterocycles. The van der Waals surface area contributed by atoms with Crippen molar-refractivity contribution < 1.29 is 28.6 Å². The van der Waals surface area contributed by atoms with Gasteiger partial charge in [0.05, 0.1) is 0 Å². The van der Waals surface area contributed by atoms with Crippen LogP contribution in [0.5, 0.6) is 0 Å². The van der Waals surface area contributed by atoms with E-state index in [1.807, 2.05) is 0 Å². The highest BCUT2D eigenvalue weighted by Gasteiger charge is 2.19. The van der Waals surface area contributed by atoms with Gasteiger partial charge in [0.2, 0.25) is 0 Å². The molecule has 0 radical (unpaired) electrons. The van der Waals surface area contributed by atoms with E-state index in [0.29, 0.717) is 19.3 Å². The number of rotatable bonds is 52. The molecule has 1 unspecified atom stereocenters. The highest BCUT2D eigenvalue weighted by molar-refractivity contribution is 5.71. The van der Waals surface area contributed by atoms with Gasteiger partial charge in [-0.05, 0) is 109 Å². The molecule has 0 heterocycles. The van der Waals surface area contributed by atoms with Gasteiger partial charge in [-0.25, -0.2) is 0 Å². The second-order valence-electron chi connectivity index (χ2n) is 19.1. The van der Waals surface area contributed by atoms with Crippen LogP contribution in [0.2, 0.25) is 0 Å². The second kappa shape index (κ2) is 60.1. The average Bonchev–Trinajstić information content (AvgIpc) is 3.39. The van der Waals surface area contributed by atoms with Crippen LogP contribution in [0.15, 0.2) is 134 Å². The Morgan fingerprint density at radius 1 is 0.288 bits per heavy atom. The van der Waals surface area contributed by atoms with Gasteiger partial charge in [0.25, 0.3) is 0 Å². The third-order valence-electron chi connectivity index (χ3n) is 12.2. The molecule has 0 spiro atoms. The summed E-state index contributed by atoms with van der Waals surface area (Å²) in [5, 5.41) is 0. The Hall–Kier alpha value is -4.45. The molecule has 412 valence electrons. The fraction of sp³-hybridized carbons (Fsp3) is 0.627. The van der Waals surface area contributed by atoms with Crippen molar-refractivity contribution in [1.29, 1.82) is 0 Å². The van der Waals surface area contributed by atoms with E-state index in [4.69, 9.17) is 14.2 Å². The summed E-state index contributed by atoms with van der Waals surface area (Å²) >= 11 is 0. The van der Waals surface area contributed by atoms with Crippen LogP contribution in [-0.2, 0) is 28.6 Å². The van der Waals surface area contributed by atoms with Crippen LogP contribution >= 0.6 is 0 Å². The molecular formula is C67H108O6. The number of hydrogen-bond donors (Lipinski definition) is 0. The maximum absolute atomic E-state index is 12.9. The summed E-state index contributed by atoms with van der Waals surface area (Å²) in [5.41, 5.74) is 0. The predicted molar refractivity (Wildman–Crippen MR) is 316 cm³/mol. The number of carbonyl (C=O) groups excluding carboxylic acids is 3. The minimum absolute atomic E-state index is 0.102. The fourth-order valence-electron chi connectivity index (χ4n) is 7.78. The molecule has 0 fully saturated rings. The van der Waals surface area contributed by atoms with Crippen molar-refractivity contribution in [3.63, 3.8) is 0 Å². The van der Waals surface area contributed by atoms with Gasteiger partial charge in [-0.2, -0.15) is 0 Å². The highest BCUT2D eigenvalue weighted by Crippen LogP contribution is 2.15. The molecular weight excluding hydrogens is 901 g/mol. The minimum atomic E-state index is -0.810. The zero-order chi connectivity index (χ0) is 52.9. The zero-order valence-electron chi connectivity index (χ0n) is 47.1. The Bertz CT molecular complexity index is 1580. The van der Waals surface area contributed by atoms with Crippen LogP contribution in [0.3, 0.4) is 0 Å². The molecule has 73 heavy (non-hydrogen) atoms. The van der Waals surface area contributed by atoms with Gasteiger partial charge in [0.15, 0.2) is 6.10 Å². The van der Waals surface area contributed by atoms with Crippen molar-refractivity contribution >= 4 is 17.9 Å². The fourth-order valence-corrected chi connectivity index (χ4v) is 7.78. The maximum atomic E-state index is 12.9. The lowest BCUT2D eigenvalue weighted by Gasteiger charge is -2.18. The zero-order valence-corrected chi connectivity index (χ0v) is 47.1. The summed E-state index contributed by atoms with van der Waals surface area (Å²) < 4.78 is 16.8. The lowest BCUT2D eigenvalue weighted by atomic mass is 10.1. The third-order valence-corrected chi connectivity index (χ3v) is 12.2. The van der Waals surface area contributed by atoms with E-state index in [9.17, 15) is 14.4 Å². The quantitative estimate of drug-likeness (QED) is 0.0261. The Kier molecular flexibility index (Phi) is 56.4. The largest absolute Gasteiger partial charge is 0.462 e. The first-order chi connectivity index (χ1) is 36.0. The third kappa shape index (κ3) is 58.3. The van der Waals surface area contributed by atoms with Crippen molar-refractivity contribution in [1.82, 2.24) is 0 Å². The molecule has 0 aliphatic carbocycles. The highest BCUT2D eigenvalue weighted by atomic mass is 16.6. The molecule has 0 rings (SSSR count). The van der Waals surface area contributed by atoms with Gasteiger partial charge < -0.3 is 14.2 Å². The Morgan fingerprint density at radius 3 is 0.890 bits per heavy atom. The molecule has 0 aliphatic rings. The van der Waals surface area contributed by atoms with E-state index in [-0.39, 0.29) is 37.5 Å². The van der Waals surface area contributed by atoms with Gasteiger partial charge in [0.1, 0.15) is 13.2 Å². The Labute approximate surface area is 449 Å². The molecule has 0 saturated heterocycles. The summed E-state index contributed by atoms with van der Waals surface area (Å²) in [5.74, 6) is -0.974. The number of unbranched alkanes of at least 4 members (excludes halogenated alkanes) is 19. The van der Waals surface area contributed by atoms with E-state index in [2.05, 4.69) is 154 Å². The van der Waals surface area contributed by atoms with Gasteiger partial charge in [-0.3, -0.25) is 14.4 Å². The SMILES string of the molecule is CC/C=C\C/C=C\C/C=C\C/C=C\C/C=C\C/C=C\C/C=C\CCCC(=O)OCC(COC(=O)CCCCCCCCCCCCC)OC(=O)CCCCCCCCCC/C=C\C/C=C\C/C=C\C/C=C\CC. The second-order valence-corrected chi connectivity index (χ2v) is 19.1. The first-order valence-electron chi connectivity index (χ1n) is 29.7. The molecule has 0 aromatic carbocycles. The van der Waals surface area contributed by atoms with Crippen molar-refractivity contribution in [3.8, 4) is 0 Å². The van der Waals surface area contributed by atoms with Crippen LogP contribution in [0, 0.1) is 0 Å². The topological polar surface area (TPSA) is 78.9 Å². The van der Waals surface area contributed by atoms with Gasteiger partial charge in [0, 0.05) is 19.3 Å². The number of esters is 3. The van der Waals surface area contributed by atoms with Crippen molar-refractivity contribution in [2.75, 3.05) is 13.2 Å². The smallest absolute Gasteiger partial charge is 0.306 e. The lowest BCUT2D eigenvalue weighted by molar-refractivity contribution is -0.167. The summed E-state index contributed by atoms with van der Waals surface area (Å²) in [6.07, 6.45) is 84.5. The van der Waals surface area contributed by atoms with Crippen LogP contribution in [0.1, 0.15) is 252 Å². The van der Waals surface area contributed by atoms with E-state index in [0.717, 1.165) is 122 Å². The molecule has 0 aromatic rings. The molecule has 0 aromatic heterocycles. The predicted octanol–water partition coefficient (Wildman–Crippen LogP) is 20.2. The number of ether oxygens (including phenoxy) is 3. The summed E-state index contributed by atoms with van der Waals surface area (Å²) in [4.78, 5) is 38.2. The maximum Gasteiger partial charge on any atom is 0.306 e. The van der Waals surface area contributed by atoms with Gasteiger partial charge >= 0.3 is 17.9 Å². The minimum Gasteiger partial charge on any atom is -0.462 e. The average molecular weight is 1010 g/mol. The Balaban J connectivity index is 4.46. The molecule has 0 bridgehead atoms. The van der Waals surface area contributed by atoms with Crippen molar-refractivity contribution in [2.24, 2.45) is 0 Å². The van der Waals surface area contributed by atoms with Crippen LogP contribution < -0.4 is 0 Å².